The molecule has 0 heterocycles. The van der Waals surface area contributed by atoms with Crippen LogP contribution in [0.5, 0.6) is 0 Å². The highest BCUT2D eigenvalue weighted by Crippen LogP contribution is 2.29. The van der Waals surface area contributed by atoms with Gasteiger partial charge in [-0.25, -0.2) is 4.39 Å². The third-order valence-corrected chi connectivity index (χ3v) is 4.13. The molecule has 1 saturated carbocycles. The SMILES string of the molecule is CC(C)CC1CCCC(NCc2ccccc2F)C1. The Kier molecular flexibility index (Phi) is 5.38. The molecule has 1 nitrogen and oxygen atoms in total. The van der Waals surface area contributed by atoms with E-state index < -0.39 is 0 Å². The molecule has 0 radical (unpaired) electrons. The number of hydrogen-bond donors (Lipinski definition) is 1. The third-order valence-electron chi connectivity index (χ3n) is 4.13. The van der Waals surface area contributed by atoms with Crippen LogP contribution in [0.25, 0.3) is 0 Å². The van der Waals surface area contributed by atoms with Gasteiger partial charge in [-0.1, -0.05) is 44.9 Å². The fraction of sp³-hybridized carbons (Fsp3) is 0.647. The van der Waals surface area contributed by atoms with Crippen LogP contribution in [0.1, 0.15) is 51.5 Å². The lowest BCUT2D eigenvalue weighted by Crippen LogP contribution is -2.34. The predicted molar refractivity (Wildman–Crippen MR) is 78.4 cm³/mol. The summed E-state index contributed by atoms with van der Waals surface area (Å²) in [5.41, 5.74) is 0.786. The monoisotopic (exact) mass is 263 g/mol. The average molecular weight is 263 g/mol. The second-order valence-corrected chi connectivity index (χ2v) is 6.33. The van der Waals surface area contributed by atoms with E-state index in [0.717, 1.165) is 17.4 Å². The Morgan fingerprint density at radius 3 is 2.79 bits per heavy atom. The zero-order valence-corrected chi connectivity index (χ0v) is 12.2. The van der Waals surface area contributed by atoms with Crippen LogP contribution in [0.3, 0.4) is 0 Å². The van der Waals surface area contributed by atoms with Crippen LogP contribution >= 0.6 is 0 Å². The van der Waals surface area contributed by atoms with Gasteiger partial charge in [0.1, 0.15) is 5.82 Å². The van der Waals surface area contributed by atoms with Gasteiger partial charge < -0.3 is 5.32 Å². The van der Waals surface area contributed by atoms with Gasteiger partial charge in [-0.2, -0.15) is 0 Å². The van der Waals surface area contributed by atoms with Crippen molar-refractivity contribution in [3.63, 3.8) is 0 Å². The molecule has 1 aliphatic rings. The Labute approximate surface area is 116 Å². The number of benzene rings is 1. The molecule has 0 saturated heterocycles. The second kappa shape index (κ2) is 7.04. The van der Waals surface area contributed by atoms with Crippen molar-refractivity contribution in [3.05, 3.63) is 35.6 Å². The standard InChI is InChI=1S/C17H26FN/c1-13(2)10-14-6-5-8-16(11-14)19-12-15-7-3-4-9-17(15)18/h3-4,7,9,13-14,16,19H,5-6,8,10-12H2,1-2H3. The van der Waals surface area contributed by atoms with Crippen molar-refractivity contribution >= 4 is 0 Å². The van der Waals surface area contributed by atoms with E-state index in [-0.39, 0.29) is 5.82 Å². The summed E-state index contributed by atoms with van der Waals surface area (Å²) in [6.45, 7) is 5.26. The van der Waals surface area contributed by atoms with Crippen LogP contribution in [-0.2, 0) is 6.54 Å². The summed E-state index contributed by atoms with van der Waals surface area (Å²) < 4.78 is 13.6. The maximum absolute atomic E-state index is 13.6. The Bertz CT molecular complexity index is 389. The Hall–Kier alpha value is -0.890. The molecule has 2 unspecified atom stereocenters. The van der Waals surface area contributed by atoms with Crippen molar-refractivity contribution in [3.8, 4) is 0 Å². The Balaban J connectivity index is 1.81. The summed E-state index contributed by atoms with van der Waals surface area (Å²) in [6.07, 6.45) is 6.51. The van der Waals surface area contributed by atoms with Crippen LogP contribution in [0.4, 0.5) is 4.39 Å². The fourth-order valence-corrected chi connectivity index (χ4v) is 3.25. The fourth-order valence-electron chi connectivity index (χ4n) is 3.25. The zero-order chi connectivity index (χ0) is 13.7. The van der Waals surface area contributed by atoms with E-state index in [4.69, 9.17) is 0 Å². The highest BCUT2D eigenvalue weighted by atomic mass is 19.1. The molecule has 0 aliphatic heterocycles. The molecule has 0 bridgehead atoms. The molecule has 2 heteroatoms. The summed E-state index contributed by atoms with van der Waals surface area (Å²) >= 11 is 0. The van der Waals surface area contributed by atoms with Gasteiger partial charge in [-0.3, -0.25) is 0 Å². The third kappa shape index (κ3) is 4.61. The number of nitrogens with one attached hydrogen (secondary N) is 1. The van der Waals surface area contributed by atoms with Gasteiger partial charge in [0.15, 0.2) is 0 Å². The zero-order valence-electron chi connectivity index (χ0n) is 12.2. The molecule has 1 fully saturated rings. The van der Waals surface area contributed by atoms with Gasteiger partial charge in [-0.05, 0) is 37.2 Å². The highest BCUT2D eigenvalue weighted by molar-refractivity contribution is 5.17. The molecule has 1 aromatic carbocycles. The summed E-state index contributed by atoms with van der Waals surface area (Å²) in [7, 11) is 0. The van der Waals surface area contributed by atoms with E-state index in [1.807, 2.05) is 12.1 Å². The normalized spacial score (nSPS) is 23.8. The van der Waals surface area contributed by atoms with Crippen LogP contribution in [0.2, 0.25) is 0 Å². The van der Waals surface area contributed by atoms with E-state index in [1.54, 1.807) is 12.1 Å². The first kappa shape index (κ1) is 14.5. The van der Waals surface area contributed by atoms with Gasteiger partial charge in [0.05, 0.1) is 0 Å². The average Bonchev–Trinajstić information content (AvgIpc) is 2.37. The maximum Gasteiger partial charge on any atom is 0.127 e. The van der Waals surface area contributed by atoms with Crippen LogP contribution in [0, 0.1) is 17.7 Å². The van der Waals surface area contributed by atoms with Crippen LogP contribution in [0.15, 0.2) is 24.3 Å². The Morgan fingerprint density at radius 2 is 2.05 bits per heavy atom. The molecule has 1 aromatic rings. The lowest BCUT2D eigenvalue weighted by atomic mass is 9.81. The lowest BCUT2D eigenvalue weighted by Gasteiger charge is -2.31. The molecule has 2 atom stereocenters. The van der Waals surface area contributed by atoms with E-state index in [1.165, 1.54) is 32.1 Å². The minimum atomic E-state index is -0.0930. The molecule has 0 aromatic heterocycles. The first-order chi connectivity index (χ1) is 9.15. The quantitative estimate of drug-likeness (QED) is 0.823. The van der Waals surface area contributed by atoms with Crippen molar-refractivity contribution in [2.75, 3.05) is 0 Å². The minimum Gasteiger partial charge on any atom is -0.310 e. The molecule has 19 heavy (non-hydrogen) atoms. The molecule has 0 amide bonds. The second-order valence-electron chi connectivity index (χ2n) is 6.33. The molecule has 1 N–H and O–H groups in total. The molecule has 2 rings (SSSR count). The first-order valence-corrected chi connectivity index (χ1v) is 7.62. The summed E-state index contributed by atoms with van der Waals surface area (Å²) in [5, 5.41) is 3.54. The summed E-state index contributed by atoms with van der Waals surface area (Å²) in [6, 6.07) is 7.63. The predicted octanol–water partition coefficient (Wildman–Crippen LogP) is 4.52. The Morgan fingerprint density at radius 1 is 1.26 bits per heavy atom. The number of rotatable bonds is 5. The van der Waals surface area contributed by atoms with Crippen LogP contribution < -0.4 is 5.32 Å². The van der Waals surface area contributed by atoms with Gasteiger partial charge >= 0.3 is 0 Å². The number of halogens is 1. The maximum atomic E-state index is 13.6. The minimum absolute atomic E-state index is 0.0930. The number of hydrogen-bond acceptors (Lipinski definition) is 1. The summed E-state index contributed by atoms with van der Waals surface area (Å²) in [4.78, 5) is 0. The van der Waals surface area contributed by atoms with Crippen molar-refractivity contribution in [2.45, 2.75) is 58.5 Å². The molecule has 0 spiro atoms. The molecular formula is C17H26FN. The van der Waals surface area contributed by atoms with Gasteiger partial charge in [0.25, 0.3) is 0 Å². The van der Waals surface area contributed by atoms with Crippen molar-refractivity contribution in [2.24, 2.45) is 11.8 Å². The van der Waals surface area contributed by atoms with E-state index >= 15 is 0 Å². The highest BCUT2D eigenvalue weighted by Gasteiger charge is 2.22. The topological polar surface area (TPSA) is 12.0 Å². The van der Waals surface area contributed by atoms with Crippen molar-refractivity contribution in [1.82, 2.24) is 5.32 Å². The lowest BCUT2D eigenvalue weighted by molar-refractivity contribution is 0.251. The summed E-state index contributed by atoms with van der Waals surface area (Å²) in [5.74, 6) is 1.55. The van der Waals surface area contributed by atoms with E-state index in [9.17, 15) is 4.39 Å². The largest absolute Gasteiger partial charge is 0.310 e. The van der Waals surface area contributed by atoms with E-state index in [2.05, 4.69) is 19.2 Å². The van der Waals surface area contributed by atoms with Crippen molar-refractivity contribution in [1.29, 1.82) is 0 Å². The van der Waals surface area contributed by atoms with Gasteiger partial charge in [0.2, 0.25) is 0 Å². The smallest absolute Gasteiger partial charge is 0.127 e. The molecule has 1 aliphatic carbocycles. The van der Waals surface area contributed by atoms with Crippen molar-refractivity contribution < 1.29 is 4.39 Å². The van der Waals surface area contributed by atoms with Gasteiger partial charge in [0, 0.05) is 18.2 Å². The van der Waals surface area contributed by atoms with Crippen LogP contribution in [-0.4, -0.2) is 6.04 Å². The first-order valence-electron chi connectivity index (χ1n) is 7.62. The molecule has 106 valence electrons. The molecular weight excluding hydrogens is 237 g/mol. The van der Waals surface area contributed by atoms with Gasteiger partial charge in [-0.15, -0.1) is 0 Å². The van der Waals surface area contributed by atoms with E-state index in [0.29, 0.717) is 12.6 Å².